The van der Waals surface area contributed by atoms with Gasteiger partial charge < -0.3 is 9.84 Å². The summed E-state index contributed by atoms with van der Waals surface area (Å²) in [5.74, 6) is -3.11. The van der Waals surface area contributed by atoms with Crippen molar-refractivity contribution in [2.75, 3.05) is 0 Å². The second-order valence-corrected chi connectivity index (χ2v) is 8.20. The number of aliphatic hydroxyl groups is 1. The van der Waals surface area contributed by atoms with E-state index >= 15 is 0 Å². The molecule has 33 heavy (non-hydrogen) atoms. The van der Waals surface area contributed by atoms with Gasteiger partial charge in [-0.15, -0.1) is 0 Å². The number of nitrogens with zero attached hydrogens (tertiary/aromatic N) is 1. The molecule has 0 amide bonds. The summed E-state index contributed by atoms with van der Waals surface area (Å²) >= 11 is 0. The van der Waals surface area contributed by atoms with Gasteiger partial charge in [-0.1, -0.05) is 78.9 Å². The highest BCUT2D eigenvalue weighted by Crippen LogP contribution is 2.50. The van der Waals surface area contributed by atoms with Gasteiger partial charge in [-0.2, -0.15) is 0 Å². The molecule has 7 nitrogen and oxygen atoms in total. The number of carbonyl (C=O) groups is 2. The van der Waals surface area contributed by atoms with Gasteiger partial charge in [0.05, 0.1) is 10.8 Å². The Labute approximate surface area is 190 Å². The number of hydrogen-bond acceptors (Lipinski definition) is 6. The van der Waals surface area contributed by atoms with E-state index in [1.807, 2.05) is 18.2 Å². The predicted molar refractivity (Wildman–Crippen MR) is 120 cm³/mol. The highest BCUT2D eigenvalue weighted by Gasteiger charge is 2.54. The molecule has 1 fully saturated rings. The monoisotopic (exact) mass is 445 g/mol. The number of nitro groups is 1. The fourth-order valence-corrected chi connectivity index (χ4v) is 4.62. The normalized spacial score (nSPS) is 22.5. The van der Waals surface area contributed by atoms with E-state index in [1.54, 1.807) is 48.5 Å². The van der Waals surface area contributed by atoms with Crippen LogP contribution in [0.2, 0.25) is 0 Å². The number of benzene rings is 3. The fourth-order valence-electron chi connectivity index (χ4n) is 4.62. The molecule has 0 aromatic heterocycles. The Morgan fingerprint density at radius 1 is 1.00 bits per heavy atom. The molecule has 3 aromatic carbocycles. The molecular weight excluding hydrogens is 422 g/mol. The lowest BCUT2D eigenvalue weighted by Crippen LogP contribution is -2.49. The van der Waals surface area contributed by atoms with Gasteiger partial charge in [-0.25, -0.2) is 0 Å². The quantitative estimate of drug-likeness (QED) is 0.345. The number of rotatable bonds is 6. The van der Waals surface area contributed by atoms with Gasteiger partial charge in [-0.05, 0) is 11.1 Å². The van der Waals surface area contributed by atoms with Crippen molar-refractivity contribution in [3.63, 3.8) is 0 Å². The molecule has 0 saturated heterocycles. The molecule has 7 heteroatoms. The van der Waals surface area contributed by atoms with Crippen LogP contribution in [0.4, 0.5) is 5.69 Å². The maximum Gasteiger partial charge on any atom is 0.313 e. The number of esters is 1. The van der Waals surface area contributed by atoms with Crippen LogP contribution in [0.3, 0.4) is 0 Å². The Morgan fingerprint density at radius 3 is 2.27 bits per heavy atom. The van der Waals surface area contributed by atoms with Crippen molar-refractivity contribution in [1.29, 1.82) is 0 Å². The molecule has 3 atom stereocenters. The fraction of sp³-hybridized carbons (Fsp3) is 0.231. The molecule has 0 heterocycles. The van der Waals surface area contributed by atoms with Crippen molar-refractivity contribution in [3.05, 3.63) is 112 Å². The Bertz CT molecular complexity index is 1160. The van der Waals surface area contributed by atoms with Crippen LogP contribution < -0.4 is 0 Å². The zero-order chi connectivity index (χ0) is 23.4. The Balaban J connectivity index is 1.79. The lowest BCUT2D eigenvalue weighted by Gasteiger charge is -2.42. The van der Waals surface area contributed by atoms with Crippen molar-refractivity contribution in [3.8, 4) is 0 Å². The molecule has 4 rings (SSSR count). The summed E-state index contributed by atoms with van der Waals surface area (Å²) in [5, 5.41) is 23.5. The van der Waals surface area contributed by atoms with Gasteiger partial charge >= 0.3 is 5.97 Å². The number of Topliss-reactive ketones (excluding diaryl/α,β-unsaturated/α-hetero) is 1. The van der Waals surface area contributed by atoms with E-state index in [2.05, 4.69) is 0 Å². The van der Waals surface area contributed by atoms with Crippen molar-refractivity contribution in [1.82, 2.24) is 0 Å². The van der Waals surface area contributed by atoms with E-state index in [1.165, 1.54) is 18.2 Å². The third-order valence-corrected chi connectivity index (χ3v) is 6.12. The van der Waals surface area contributed by atoms with Gasteiger partial charge in [0, 0.05) is 30.4 Å². The third kappa shape index (κ3) is 4.54. The van der Waals surface area contributed by atoms with Crippen molar-refractivity contribution in [2.45, 2.75) is 31.0 Å². The van der Waals surface area contributed by atoms with E-state index < -0.39 is 28.3 Å². The smallest absolute Gasteiger partial charge is 0.313 e. The van der Waals surface area contributed by atoms with Gasteiger partial charge in [0.25, 0.3) is 5.69 Å². The maximum atomic E-state index is 13.5. The van der Waals surface area contributed by atoms with Crippen LogP contribution in [0, 0.1) is 16.0 Å². The van der Waals surface area contributed by atoms with Crippen molar-refractivity contribution in [2.24, 2.45) is 5.92 Å². The molecule has 0 radical (unpaired) electrons. The Hall–Kier alpha value is -3.84. The molecule has 0 spiro atoms. The Kier molecular flexibility index (Phi) is 6.33. The number of hydrogen-bond donors (Lipinski definition) is 1. The summed E-state index contributed by atoms with van der Waals surface area (Å²) in [6, 6.07) is 23.6. The molecule has 3 aromatic rings. The van der Waals surface area contributed by atoms with Gasteiger partial charge in [0.2, 0.25) is 0 Å². The molecule has 1 saturated carbocycles. The zero-order valence-corrected chi connectivity index (χ0v) is 17.8. The second kappa shape index (κ2) is 9.34. The van der Waals surface area contributed by atoms with Crippen LogP contribution >= 0.6 is 0 Å². The molecule has 1 aliphatic rings. The average Bonchev–Trinajstić information content (AvgIpc) is 2.83. The predicted octanol–water partition coefficient (Wildman–Crippen LogP) is 4.29. The zero-order valence-electron chi connectivity index (χ0n) is 17.8. The first-order valence-corrected chi connectivity index (χ1v) is 10.6. The first-order chi connectivity index (χ1) is 15.9. The standard InChI is InChI=1S/C26H23NO6/c28-20-15-22(21-13-7-8-14-23(21)27(31)32)24(25(29)33-17-18-9-3-1-4-10-18)26(30,16-20)19-11-5-2-6-12-19/h1-14,22,24,30H,15-17H2/t22-,24+,26-/m0/s1. The number of ether oxygens (including phenoxy) is 1. The first kappa shape index (κ1) is 22.4. The second-order valence-electron chi connectivity index (χ2n) is 8.20. The van der Waals surface area contributed by atoms with Crippen LogP contribution in [0.5, 0.6) is 0 Å². The van der Waals surface area contributed by atoms with Gasteiger partial charge in [-0.3, -0.25) is 19.7 Å². The number of carbonyl (C=O) groups excluding carboxylic acids is 2. The average molecular weight is 445 g/mol. The number of ketones is 1. The molecule has 1 N–H and O–H groups in total. The summed E-state index contributed by atoms with van der Waals surface area (Å²) in [5.41, 5.74) is -0.676. The van der Waals surface area contributed by atoms with Crippen LogP contribution in [-0.4, -0.2) is 21.8 Å². The Morgan fingerprint density at radius 2 is 1.61 bits per heavy atom. The summed E-state index contributed by atoms with van der Waals surface area (Å²) in [4.78, 5) is 37.4. The van der Waals surface area contributed by atoms with Gasteiger partial charge in [0.15, 0.2) is 0 Å². The molecule has 0 unspecified atom stereocenters. The topological polar surface area (TPSA) is 107 Å². The highest BCUT2D eigenvalue weighted by molar-refractivity contribution is 5.87. The van der Waals surface area contributed by atoms with Gasteiger partial charge in [0.1, 0.15) is 18.0 Å². The molecule has 0 bridgehead atoms. The van der Waals surface area contributed by atoms with E-state index in [9.17, 15) is 24.8 Å². The summed E-state index contributed by atoms with van der Waals surface area (Å²) in [7, 11) is 0. The minimum absolute atomic E-state index is 0.0153. The summed E-state index contributed by atoms with van der Waals surface area (Å²) in [6.45, 7) is -0.0153. The molecular formula is C26H23NO6. The van der Waals surface area contributed by atoms with Crippen LogP contribution in [0.15, 0.2) is 84.9 Å². The minimum Gasteiger partial charge on any atom is -0.460 e. The largest absolute Gasteiger partial charge is 0.460 e. The summed E-state index contributed by atoms with van der Waals surface area (Å²) in [6.07, 6.45) is -0.385. The maximum absolute atomic E-state index is 13.5. The third-order valence-electron chi connectivity index (χ3n) is 6.12. The van der Waals surface area contributed by atoms with Crippen LogP contribution in [0.1, 0.15) is 35.4 Å². The first-order valence-electron chi connectivity index (χ1n) is 10.6. The summed E-state index contributed by atoms with van der Waals surface area (Å²) < 4.78 is 5.59. The van der Waals surface area contributed by atoms with Crippen LogP contribution in [0.25, 0.3) is 0 Å². The molecule has 1 aliphatic carbocycles. The highest BCUT2D eigenvalue weighted by atomic mass is 16.6. The van der Waals surface area contributed by atoms with E-state index in [0.29, 0.717) is 5.56 Å². The van der Waals surface area contributed by atoms with Crippen molar-refractivity contribution >= 4 is 17.4 Å². The van der Waals surface area contributed by atoms with Crippen LogP contribution in [-0.2, 0) is 26.5 Å². The van der Waals surface area contributed by atoms with E-state index in [-0.39, 0.29) is 36.5 Å². The molecule has 168 valence electrons. The van der Waals surface area contributed by atoms with E-state index in [0.717, 1.165) is 5.56 Å². The number of para-hydroxylation sites is 1. The minimum atomic E-state index is -1.86. The number of nitro benzene ring substituents is 1. The van der Waals surface area contributed by atoms with Crippen molar-refractivity contribution < 1.29 is 24.4 Å². The lowest BCUT2D eigenvalue weighted by atomic mass is 9.63. The lowest BCUT2D eigenvalue weighted by molar-refractivity contribution is -0.385. The molecule has 0 aliphatic heterocycles. The SMILES string of the molecule is O=C1C[C@@H](c2ccccc2[N+](=O)[O-])[C@H](C(=O)OCc2ccccc2)[C@@](O)(c2ccccc2)C1. The van der Waals surface area contributed by atoms with E-state index in [4.69, 9.17) is 4.74 Å².